The van der Waals surface area contributed by atoms with Gasteiger partial charge in [0, 0.05) is 5.69 Å². The number of rotatable bonds is 5. The maximum absolute atomic E-state index is 14.0. The molecule has 0 aliphatic rings. The largest absolute Gasteiger partial charge is 0.497 e. The molecule has 2 rings (SSSR count). The van der Waals surface area contributed by atoms with Gasteiger partial charge >= 0.3 is 6.18 Å². The number of hydrogen-bond acceptors (Lipinski definition) is 2. The van der Waals surface area contributed by atoms with Crippen LogP contribution in [0.2, 0.25) is 19.6 Å². The number of benzene rings is 2. The van der Waals surface area contributed by atoms with Crippen LogP contribution < -0.4 is 9.30 Å². The molecule has 0 spiro atoms. The molecule has 6 heteroatoms. The van der Waals surface area contributed by atoms with Gasteiger partial charge in [0.2, 0.25) is 0 Å². The summed E-state index contributed by atoms with van der Waals surface area (Å²) in [5.74, 6) is 0.623. The monoisotopic (exact) mass is 353 g/mol. The molecule has 2 nitrogen and oxygen atoms in total. The summed E-state index contributed by atoms with van der Waals surface area (Å²) in [5.41, 5.74) is 0.810. The highest BCUT2D eigenvalue weighted by molar-refractivity contribution is 6.79. The van der Waals surface area contributed by atoms with Crippen LogP contribution in [0, 0.1) is 0 Å². The highest BCUT2D eigenvalue weighted by atomic mass is 28.3. The fourth-order valence-corrected chi connectivity index (χ4v) is 4.78. The average Bonchev–Trinajstić information content (AvgIpc) is 2.51. The van der Waals surface area contributed by atoms with Crippen molar-refractivity contribution >= 4 is 13.9 Å². The predicted molar refractivity (Wildman–Crippen MR) is 94.1 cm³/mol. The zero-order valence-corrected chi connectivity index (χ0v) is 15.3. The number of halogens is 3. The zero-order valence-electron chi connectivity index (χ0n) is 14.3. The van der Waals surface area contributed by atoms with Gasteiger partial charge in [0.25, 0.3) is 0 Å². The first kappa shape index (κ1) is 18.4. The maximum Gasteiger partial charge on any atom is 0.412 e. The molecule has 2 aromatic carbocycles. The predicted octanol–water partition coefficient (Wildman–Crippen LogP) is 5.64. The molecule has 0 fully saturated rings. The molecule has 0 saturated heterocycles. The highest BCUT2D eigenvalue weighted by Gasteiger charge is 2.48. The summed E-state index contributed by atoms with van der Waals surface area (Å²) in [6.45, 7) is 5.75. The molecule has 0 saturated carbocycles. The third-order valence-corrected chi connectivity index (χ3v) is 5.72. The first-order chi connectivity index (χ1) is 11.1. The third kappa shape index (κ3) is 4.11. The van der Waals surface area contributed by atoms with Crippen LogP contribution in [0.15, 0.2) is 54.6 Å². The molecular weight excluding hydrogens is 331 g/mol. The Bertz CT molecular complexity index is 651. The Morgan fingerprint density at radius 2 is 1.46 bits per heavy atom. The quantitative estimate of drug-likeness (QED) is 0.645. The number of anilines is 1. The first-order valence-corrected chi connectivity index (χ1v) is 11.1. The lowest BCUT2D eigenvalue weighted by atomic mass is 10.1. The van der Waals surface area contributed by atoms with E-state index in [2.05, 4.69) is 0 Å². The second-order valence-electron chi connectivity index (χ2n) is 6.59. The number of methoxy groups -OCH3 is 1. The summed E-state index contributed by atoms with van der Waals surface area (Å²) in [4.78, 5) is 0. The van der Waals surface area contributed by atoms with Gasteiger partial charge in [-0.2, -0.15) is 13.2 Å². The van der Waals surface area contributed by atoms with Crippen molar-refractivity contribution in [2.45, 2.75) is 31.9 Å². The number of nitrogens with zero attached hydrogens (tertiary/aromatic N) is 1. The molecule has 24 heavy (non-hydrogen) atoms. The second-order valence-corrected chi connectivity index (χ2v) is 11.4. The number of ether oxygens (including phenoxy) is 1. The van der Waals surface area contributed by atoms with Crippen molar-refractivity contribution in [2.75, 3.05) is 11.7 Å². The smallest absolute Gasteiger partial charge is 0.412 e. The van der Waals surface area contributed by atoms with Crippen LogP contribution in [-0.4, -0.2) is 21.5 Å². The van der Waals surface area contributed by atoms with Crippen LogP contribution in [0.5, 0.6) is 5.75 Å². The lowest BCUT2D eigenvalue weighted by Gasteiger charge is -2.43. The topological polar surface area (TPSA) is 12.5 Å². The van der Waals surface area contributed by atoms with E-state index in [1.165, 1.54) is 19.2 Å². The van der Waals surface area contributed by atoms with Crippen molar-refractivity contribution in [3.63, 3.8) is 0 Å². The summed E-state index contributed by atoms with van der Waals surface area (Å²) < 4.78 is 48.6. The Labute approximate surface area is 142 Å². The lowest BCUT2D eigenvalue weighted by molar-refractivity contribution is -0.148. The van der Waals surface area contributed by atoms with E-state index in [4.69, 9.17) is 4.74 Å². The third-order valence-electron chi connectivity index (χ3n) is 3.76. The summed E-state index contributed by atoms with van der Waals surface area (Å²) in [7, 11) is -0.803. The minimum absolute atomic E-state index is 0.253. The first-order valence-electron chi connectivity index (χ1n) is 7.69. The lowest BCUT2D eigenvalue weighted by Crippen LogP contribution is -2.52. The van der Waals surface area contributed by atoms with Crippen LogP contribution in [0.4, 0.5) is 18.9 Å². The van der Waals surface area contributed by atoms with Gasteiger partial charge in [0.1, 0.15) is 20.0 Å². The Balaban J connectivity index is 2.58. The maximum atomic E-state index is 14.0. The van der Waals surface area contributed by atoms with E-state index in [0.29, 0.717) is 11.4 Å². The summed E-state index contributed by atoms with van der Waals surface area (Å²) in [5, 5.41) is 0. The van der Waals surface area contributed by atoms with Gasteiger partial charge in [-0.3, -0.25) is 0 Å². The molecule has 0 aromatic heterocycles. The van der Waals surface area contributed by atoms with Crippen molar-refractivity contribution in [3.8, 4) is 5.75 Å². The van der Waals surface area contributed by atoms with E-state index in [1.807, 2.05) is 19.6 Å². The number of alkyl halides is 3. The molecule has 0 radical (unpaired) electrons. The van der Waals surface area contributed by atoms with E-state index in [-0.39, 0.29) is 5.56 Å². The van der Waals surface area contributed by atoms with Crippen molar-refractivity contribution in [2.24, 2.45) is 0 Å². The normalized spacial score (nSPS) is 13.5. The molecule has 0 aliphatic heterocycles. The van der Waals surface area contributed by atoms with Crippen LogP contribution in [0.25, 0.3) is 0 Å². The van der Waals surface area contributed by atoms with Gasteiger partial charge in [-0.15, -0.1) is 0 Å². The van der Waals surface area contributed by atoms with Crippen molar-refractivity contribution in [1.82, 2.24) is 0 Å². The molecule has 130 valence electrons. The van der Waals surface area contributed by atoms with Gasteiger partial charge in [0.15, 0.2) is 0 Å². The Morgan fingerprint density at radius 3 is 1.88 bits per heavy atom. The molecule has 0 aliphatic carbocycles. The van der Waals surface area contributed by atoms with Gasteiger partial charge in [-0.1, -0.05) is 50.0 Å². The van der Waals surface area contributed by atoms with Crippen LogP contribution in [0.3, 0.4) is 0 Å². The van der Waals surface area contributed by atoms with Crippen LogP contribution in [-0.2, 0) is 0 Å². The standard InChI is InChI=1S/C18H22F3NOSi/c1-23-16-12-10-15(11-13-16)22(24(2,3)4)17(18(19,20)21)14-8-6-5-7-9-14/h5-13,17H,1-4H3. The van der Waals surface area contributed by atoms with E-state index in [1.54, 1.807) is 47.0 Å². The van der Waals surface area contributed by atoms with Crippen LogP contribution >= 0.6 is 0 Å². The molecule has 0 bridgehead atoms. The Kier molecular flexibility index (Phi) is 5.28. The van der Waals surface area contributed by atoms with Gasteiger partial charge < -0.3 is 9.30 Å². The Hall–Kier alpha value is -1.95. The van der Waals surface area contributed by atoms with Crippen molar-refractivity contribution in [1.29, 1.82) is 0 Å². The zero-order chi connectivity index (χ0) is 18.0. The SMILES string of the molecule is COc1ccc(N(C(c2ccccc2)C(F)(F)F)[Si](C)(C)C)cc1. The fraction of sp³-hybridized carbons (Fsp3) is 0.333. The molecule has 2 aromatic rings. The molecule has 1 atom stereocenters. The van der Waals surface area contributed by atoms with E-state index < -0.39 is 20.5 Å². The van der Waals surface area contributed by atoms with E-state index >= 15 is 0 Å². The second kappa shape index (κ2) is 6.89. The molecule has 0 heterocycles. The summed E-state index contributed by atoms with van der Waals surface area (Å²) >= 11 is 0. The van der Waals surface area contributed by atoms with Gasteiger partial charge in [0.05, 0.1) is 7.11 Å². The highest BCUT2D eigenvalue weighted by Crippen LogP contribution is 2.43. The van der Waals surface area contributed by atoms with Crippen LogP contribution in [0.1, 0.15) is 11.6 Å². The summed E-state index contributed by atoms with van der Waals surface area (Å²) in [6, 6.07) is 13.2. The van der Waals surface area contributed by atoms with E-state index in [0.717, 1.165) is 0 Å². The van der Waals surface area contributed by atoms with E-state index in [9.17, 15) is 13.2 Å². The van der Waals surface area contributed by atoms with Crippen molar-refractivity contribution in [3.05, 3.63) is 60.2 Å². The minimum atomic E-state index is -4.37. The summed E-state index contributed by atoms with van der Waals surface area (Å²) in [6.07, 6.45) is -4.37. The van der Waals surface area contributed by atoms with Gasteiger partial charge in [-0.25, -0.2) is 0 Å². The van der Waals surface area contributed by atoms with Crippen molar-refractivity contribution < 1.29 is 17.9 Å². The average molecular weight is 353 g/mol. The molecule has 1 unspecified atom stereocenters. The molecular formula is C18H22F3NOSi. The molecule has 0 N–H and O–H groups in total. The Morgan fingerprint density at radius 1 is 0.917 bits per heavy atom. The molecule has 0 amide bonds. The van der Waals surface area contributed by atoms with Gasteiger partial charge in [-0.05, 0) is 29.8 Å². The number of hydrogen-bond donors (Lipinski definition) is 0. The fourth-order valence-electron chi connectivity index (χ4n) is 2.79. The minimum Gasteiger partial charge on any atom is -0.497 e.